The molecule has 0 saturated carbocycles. The van der Waals surface area contributed by atoms with E-state index < -0.39 is 0 Å². The number of fused-ring (bicyclic) bond motifs is 1. The molecule has 5 rings (SSSR count). The number of thiol groups is 1. The average Bonchev–Trinajstić information content (AvgIpc) is 3.14. The molecule has 3 aliphatic heterocycles. The molecule has 10 heteroatoms. The first-order valence-corrected chi connectivity index (χ1v) is 12.3. The zero-order chi connectivity index (χ0) is 23.1. The quantitative estimate of drug-likeness (QED) is 0.490. The third-order valence-corrected chi connectivity index (χ3v) is 8.10. The maximum Gasteiger partial charge on any atom is 0.243 e. The molecular weight excluding hydrogens is 481 g/mol. The molecule has 174 valence electrons. The van der Waals surface area contributed by atoms with Gasteiger partial charge in [-0.05, 0) is 29.2 Å². The molecule has 2 unspecified atom stereocenters. The van der Waals surface area contributed by atoms with Crippen molar-refractivity contribution in [3.05, 3.63) is 57.2 Å². The van der Waals surface area contributed by atoms with Crippen molar-refractivity contribution in [2.45, 2.75) is 37.3 Å². The summed E-state index contributed by atoms with van der Waals surface area (Å²) in [5.41, 5.74) is 3.65. The van der Waals surface area contributed by atoms with Gasteiger partial charge >= 0.3 is 0 Å². The molecule has 2 atom stereocenters. The largest absolute Gasteiger partial charge is 0.353 e. The zero-order valence-electron chi connectivity index (χ0n) is 18.0. The number of benzene rings is 1. The highest BCUT2D eigenvalue weighted by Crippen LogP contribution is 2.41. The Morgan fingerprint density at radius 1 is 1.12 bits per heavy atom. The van der Waals surface area contributed by atoms with Gasteiger partial charge in [-0.25, -0.2) is 4.98 Å². The average molecular weight is 506 g/mol. The van der Waals surface area contributed by atoms with Crippen molar-refractivity contribution in [2.75, 3.05) is 31.1 Å². The van der Waals surface area contributed by atoms with E-state index >= 15 is 0 Å². The van der Waals surface area contributed by atoms with E-state index in [2.05, 4.69) is 43.2 Å². The number of hydrogen-bond acceptors (Lipinski definition) is 7. The number of hydrogen-bond donors (Lipinski definition) is 2. The lowest BCUT2D eigenvalue weighted by Gasteiger charge is -2.36. The highest BCUT2D eigenvalue weighted by atomic mass is 35.5. The van der Waals surface area contributed by atoms with E-state index in [1.807, 2.05) is 0 Å². The summed E-state index contributed by atoms with van der Waals surface area (Å²) >= 11 is 17.3. The first-order chi connectivity index (χ1) is 15.9. The molecule has 33 heavy (non-hydrogen) atoms. The number of piperazine rings is 1. The van der Waals surface area contributed by atoms with Crippen LogP contribution in [-0.4, -0.2) is 58.8 Å². The van der Waals surface area contributed by atoms with Gasteiger partial charge in [0.05, 0.1) is 16.4 Å². The smallest absolute Gasteiger partial charge is 0.243 e. The number of halogens is 2. The van der Waals surface area contributed by atoms with E-state index in [1.165, 1.54) is 11.1 Å². The monoisotopic (exact) mass is 505 g/mol. The number of nitrogens with one attached hydrogen (secondary N) is 1. The summed E-state index contributed by atoms with van der Waals surface area (Å²) in [6, 6.07) is 7.69. The van der Waals surface area contributed by atoms with Gasteiger partial charge in [-0.1, -0.05) is 41.4 Å². The van der Waals surface area contributed by atoms with Gasteiger partial charge in [0, 0.05) is 51.9 Å². The number of rotatable bonds is 4. The topological polar surface area (TPSA) is 68.8 Å². The lowest BCUT2D eigenvalue weighted by molar-refractivity contribution is -0.137. The highest BCUT2D eigenvalue weighted by molar-refractivity contribution is 7.80. The number of imide groups is 1. The summed E-state index contributed by atoms with van der Waals surface area (Å²) < 4.78 is 0. The number of nitrogens with zero attached hydrogens (tertiary/aromatic N) is 4. The van der Waals surface area contributed by atoms with Crippen molar-refractivity contribution in [2.24, 2.45) is 0 Å². The summed E-state index contributed by atoms with van der Waals surface area (Å²) in [4.78, 5) is 35.1. The van der Waals surface area contributed by atoms with Gasteiger partial charge in [-0.2, -0.15) is 12.6 Å². The molecular formula is C23H25Cl2N5O2S. The van der Waals surface area contributed by atoms with Crippen LogP contribution in [0.3, 0.4) is 0 Å². The van der Waals surface area contributed by atoms with Crippen LogP contribution in [0.25, 0.3) is 0 Å². The van der Waals surface area contributed by atoms with Crippen LogP contribution in [0.15, 0.2) is 30.5 Å². The van der Waals surface area contributed by atoms with Crippen LogP contribution >= 0.6 is 35.8 Å². The van der Waals surface area contributed by atoms with Crippen LogP contribution in [0.4, 0.5) is 5.82 Å². The maximum absolute atomic E-state index is 12.4. The second-order valence-corrected chi connectivity index (χ2v) is 9.97. The third-order valence-electron chi connectivity index (χ3n) is 6.74. The van der Waals surface area contributed by atoms with E-state index in [9.17, 15) is 9.59 Å². The number of carbonyl (C=O) groups is 2. The van der Waals surface area contributed by atoms with Crippen molar-refractivity contribution >= 4 is 53.5 Å². The molecule has 1 N–H and O–H groups in total. The Labute approximate surface area is 208 Å². The molecule has 0 spiro atoms. The van der Waals surface area contributed by atoms with Crippen LogP contribution in [0, 0.1) is 0 Å². The Morgan fingerprint density at radius 3 is 2.67 bits per heavy atom. The highest BCUT2D eigenvalue weighted by Gasteiger charge is 2.39. The maximum atomic E-state index is 12.4. The molecule has 3 aliphatic rings. The van der Waals surface area contributed by atoms with Crippen molar-refractivity contribution in [1.82, 2.24) is 20.1 Å². The number of amides is 2. The van der Waals surface area contributed by atoms with Crippen LogP contribution in [-0.2, 0) is 22.7 Å². The van der Waals surface area contributed by atoms with E-state index in [0.29, 0.717) is 29.4 Å². The van der Waals surface area contributed by atoms with Gasteiger partial charge < -0.3 is 4.90 Å². The Kier molecular flexibility index (Phi) is 6.55. The van der Waals surface area contributed by atoms with Gasteiger partial charge in [-0.15, -0.1) is 0 Å². The summed E-state index contributed by atoms with van der Waals surface area (Å²) in [5.74, 6) is 0.323. The van der Waals surface area contributed by atoms with Gasteiger partial charge in [0.1, 0.15) is 10.8 Å². The van der Waals surface area contributed by atoms with Crippen LogP contribution in [0.1, 0.15) is 34.9 Å². The molecule has 2 saturated heterocycles. The van der Waals surface area contributed by atoms with Crippen molar-refractivity contribution in [3.63, 3.8) is 0 Å². The zero-order valence-corrected chi connectivity index (χ0v) is 20.4. The first-order valence-electron chi connectivity index (χ1n) is 11.1. The van der Waals surface area contributed by atoms with E-state index in [1.54, 1.807) is 12.3 Å². The summed E-state index contributed by atoms with van der Waals surface area (Å²) in [7, 11) is 0. The summed E-state index contributed by atoms with van der Waals surface area (Å²) in [6.45, 7) is 4.90. The van der Waals surface area contributed by atoms with Crippen LogP contribution < -0.4 is 10.2 Å². The minimum absolute atomic E-state index is 0.156. The van der Waals surface area contributed by atoms with Gasteiger partial charge in [0.25, 0.3) is 0 Å². The SMILES string of the molecule is O=C1CCC(N2Cc3c(CN4CCN(c5nccc(Cl)c5Cl)CC4)cccc3C2S)C(=O)N1. The fraction of sp³-hybridized carbons (Fsp3) is 0.435. The minimum atomic E-state index is -0.330. The van der Waals surface area contributed by atoms with Crippen molar-refractivity contribution in [1.29, 1.82) is 0 Å². The second-order valence-electron chi connectivity index (χ2n) is 8.69. The first kappa shape index (κ1) is 22.9. The number of aromatic nitrogens is 1. The fourth-order valence-corrected chi connectivity index (χ4v) is 5.81. The molecule has 2 amide bonds. The van der Waals surface area contributed by atoms with E-state index in [-0.39, 0.29) is 23.2 Å². The van der Waals surface area contributed by atoms with Crippen molar-refractivity contribution < 1.29 is 9.59 Å². The normalized spacial score (nSPS) is 24.2. The van der Waals surface area contributed by atoms with Crippen LogP contribution in [0.2, 0.25) is 10.0 Å². The Hall–Kier alpha value is -1.84. The Bertz CT molecular complexity index is 1090. The van der Waals surface area contributed by atoms with E-state index in [4.69, 9.17) is 35.8 Å². The molecule has 1 aromatic heterocycles. The number of pyridine rings is 1. The van der Waals surface area contributed by atoms with Crippen molar-refractivity contribution in [3.8, 4) is 0 Å². The number of carbonyl (C=O) groups excluding carboxylic acids is 2. The summed E-state index contributed by atoms with van der Waals surface area (Å²) in [6.07, 6.45) is 2.59. The molecule has 2 fully saturated rings. The second kappa shape index (κ2) is 9.43. The number of piperidine rings is 1. The minimum Gasteiger partial charge on any atom is -0.353 e. The van der Waals surface area contributed by atoms with Gasteiger partial charge in [0.2, 0.25) is 11.8 Å². The summed E-state index contributed by atoms with van der Waals surface area (Å²) in [5, 5.41) is 3.34. The predicted molar refractivity (Wildman–Crippen MR) is 132 cm³/mol. The Balaban J connectivity index is 1.26. The predicted octanol–water partition coefficient (Wildman–Crippen LogP) is 3.26. The fourth-order valence-electron chi connectivity index (χ4n) is 4.95. The number of anilines is 1. The molecule has 2 aromatic rings. The molecule has 4 heterocycles. The molecule has 7 nitrogen and oxygen atoms in total. The van der Waals surface area contributed by atoms with E-state index in [0.717, 1.165) is 44.1 Å². The van der Waals surface area contributed by atoms with Gasteiger partial charge in [0.15, 0.2) is 0 Å². The Morgan fingerprint density at radius 2 is 1.91 bits per heavy atom. The lowest BCUT2D eigenvalue weighted by atomic mass is 10.0. The van der Waals surface area contributed by atoms with Crippen LogP contribution in [0.5, 0.6) is 0 Å². The molecule has 0 radical (unpaired) electrons. The molecule has 1 aromatic carbocycles. The molecule has 0 aliphatic carbocycles. The lowest BCUT2D eigenvalue weighted by Crippen LogP contribution is -2.51. The standard InChI is InChI=1S/C23H25Cl2N5O2S/c24-17-6-7-26-21(20(17)25)29-10-8-28(9-11-29)12-14-2-1-3-15-16(14)13-30(23(15)33)18-4-5-19(31)27-22(18)32/h1-3,6-7,18,23,33H,4-5,8-13H2,(H,27,31,32). The molecule has 0 bridgehead atoms. The third kappa shape index (κ3) is 4.47. The van der Waals surface area contributed by atoms with Gasteiger partial charge in [-0.3, -0.25) is 24.7 Å².